The lowest BCUT2D eigenvalue weighted by Crippen LogP contribution is -2.22. The van der Waals surface area contributed by atoms with Crippen molar-refractivity contribution in [1.82, 2.24) is 10.6 Å². The lowest BCUT2D eigenvalue weighted by molar-refractivity contribution is 0.247. The van der Waals surface area contributed by atoms with E-state index in [0.29, 0.717) is 6.54 Å². The molecule has 0 aromatic heterocycles. The number of carbonyl (C=O) groups is 1. The highest BCUT2D eigenvalue weighted by Gasteiger charge is 2.15. The monoisotopic (exact) mass is 99.1 g/mol. The maximum absolute atomic E-state index is 10.2. The lowest BCUT2D eigenvalue weighted by atomic mass is 10.4. The molecular formula is C4H7N2O. The molecule has 2 amide bonds. The van der Waals surface area contributed by atoms with Crippen LogP contribution in [0.5, 0.6) is 0 Å². The van der Waals surface area contributed by atoms with Crippen LogP contribution in [0.2, 0.25) is 0 Å². The molecule has 7 heavy (non-hydrogen) atoms. The molecule has 0 spiro atoms. The standard InChI is InChI=1S/C4H7N2O/c1-3-2-5-4(7)6-3/h3H,2H2,1H3,(H,6,7). The highest BCUT2D eigenvalue weighted by Crippen LogP contribution is 1.87. The van der Waals surface area contributed by atoms with E-state index in [1.165, 1.54) is 0 Å². The Bertz CT molecular complexity index is 91.7. The lowest BCUT2D eigenvalue weighted by Gasteiger charge is -1.92. The van der Waals surface area contributed by atoms with Gasteiger partial charge in [-0.2, -0.15) is 0 Å². The summed E-state index contributed by atoms with van der Waals surface area (Å²) < 4.78 is 0. The zero-order chi connectivity index (χ0) is 5.28. The number of nitrogens with one attached hydrogen (secondary N) is 1. The van der Waals surface area contributed by atoms with Crippen LogP contribution in [0.4, 0.5) is 4.79 Å². The average Bonchev–Trinajstić information content (AvgIpc) is 1.87. The minimum absolute atomic E-state index is 0.174. The van der Waals surface area contributed by atoms with E-state index in [-0.39, 0.29) is 12.1 Å². The number of carbonyl (C=O) groups excluding carboxylic acids is 1. The van der Waals surface area contributed by atoms with Crippen molar-refractivity contribution in [3.8, 4) is 0 Å². The number of urea groups is 1. The molecule has 3 heteroatoms. The predicted molar refractivity (Wildman–Crippen MR) is 25.0 cm³/mol. The quantitative estimate of drug-likeness (QED) is 0.445. The highest BCUT2D eigenvalue weighted by molar-refractivity contribution is 5.76. The summed E-state index contributed by atoms with van der Waals surface area (Å²) in [7, 11) is 0. The summed E-state index contributed by atoms with van der Waals surface area (Å²) in [6, 6.07) is 0.0833. The third-order valence-electron chi connectivity index (χ3n) is 0.879. The van der Waals surface area contributed by atoms with E-state index in [0.717, 1.165) is 0 Å². The van der Waals surface area contributed by atoms with Crippen LogP contribution in [0.1, 0.15) is 6.92 Å². The first-order chi connectivity index (χ1) is 3.29. The number of hydrogen-bond acceptors (Lipinski definition) is 1. The van der Waals surface area contributed by atoms with Gasteiger partial charge >= 0.3 is 6.03 Å². The first-order valence-corrected chi connectivity index (χ1v) is 2.27. The Kier molecular flexibility index (Phi) is 0.889. The van der Waals surface area contributed by atoms with Gasteiger partial charge in [0.25, 0.3) is 0 Å². The summed E-state index contributed by atoms with van der Waals surface area (Å²) in [6.45, 7) is 2.56. The summed E-state index contributed by atoms with van der Waals surface area (Å²) in [5, 5.41) is 6.18. The molecule has 1 heterocycles. The number of nitrogens with zero attached hydrogens (tertiary/aromatic N) is 1. The zero-order valence-corrected chi connectivity index (χ0v) is 4.14. The van der Waals surface area contributed by atoms with Crippen LogP contribution in [-0.4, -0.2) is 18.6 Å². The maximum Gasteiger partial charge on any atom is 0.336 e. The van der Waals surface area contributed by atoms with Gasteiger partial charge in [0.1, 0.15) is 0 Å². The van der Waals surface area contributed by atoms with Crippen LogP contribution < -0.4 is 10.6 Å². The molecule has 0 saturated carbocycles. The van der Waals surface area contributed by atoms with Crippen LogP contribution in [0, 0.1) is 0 Å². The molecule has 1 saturated heterocycles. The molecule has 1 rings (SSSR count). The number of amides is 2. The second kappa shape index (κ2) is 1.40. The minimum atomic E-state index is -0.174. The van der Waals surface area contributed by atoms with Gasteiger partial charge in [-0.1, -0.05) is 0 Å². The molecule has 0 bridgehead atoms. The summed E-state index contributed by atoms with van der Waals surface area (Å²) in [4.78, 5) is 10.2. The number of hydrogen-bond donors (Lipinski definition) is 1. The van der Waals surface area contributed by atoms with E-state index in [1.54, 1.807) is 0 Å². The Morgan fingerprint density at radius 2 is 2.71 bits per heavy atom. The van der Waals surface area contributed by atoms with Gasteiger partial charge < -0.3 is 5.32 Å². The van der Waals surface area contributed by atoms with Crippen LogP contribution >= 0.6 is 0 Å². The van der Waals surface area contributed by atoms with Crippen molar-refractivity contribution in [2.24, 2.45) is 0 Å². The molecule has 0 aromatic rings. The molecule has 1 fully saturated rings. The van der Waals surface area contributed by atoms with Gasteiger partial charge in [0.2, 0.25) is 0 Å². The summed E-state index contributed by atoms with van der Waals surface area (Å²) >= 11 is 0. The Balaban J connectivity index is 2.40. The van der Waals surface area contributed by atoms with Crippen molar-refractivity contribution >= 4 is 6.03 Å². The summed E-state index contributed by atoms with van der Waals surface area (Å²) in [5.41, 5.74) is 0. The predicted octanol–water partition coefficient (Wildman–Crippen LogP) is -0.298. The van der Waals surface area contributed by atoms with Gasteiger partial charge in [0.15, 0.2) is 0 Å². The topological polar surface area (TPSA) is 43.2 Å². The van der Waals surface area contributed by atoms with Crippen molar-refractivity contribution in [2.45, 2.75) is 13.0 Å². The summed E-state index contributed by atoms with van der Waals surface area (Å²) in [5.74, 6) is 0. The molecule has 1 N–H and O–H groups in total. The smallest absolute Gasteiger partial charge is 0.332 e. The van der Waals surface area contributed by atoms with E-state index in [1.807, 2.05) is 6.92 Å². The van der Waals surface area contributed by atoms with E-state index in [9.17, 15) is 4.79 Å². The van der Waals surface area contributed by atoms with E-state index in [2.05, 4.69) is 10.6 Å². The largest absolute Gasteiger partial charge is 0.336 e. The van der Waals surface area contributed by atoms with E-state index >= 15 is 0 Å². The first-order valence-electron chi connectivity index (χ1n) is 2.27. The van der Waals surface area contributed by atoms with Gasteiger partial charge in [-0.3, -0.25) is 0 Å². The third kappa shape index (κ3) is 0.824. The molecule has 1 radical (unpaired) electrons. The van der Waals surface area contributed by atoms with Crippen LogP contribution in [-0.2, 0) is 0 Å². The molecule has 0 aromatic carbocycles. The second-order valence-electron chi connectivity index (χ2n) is 1.69. The second-order valence-corrected chi connectivity index (χ2v) is 1.69. The molecule has 3 nitrogen and oxygen atoms in total. The molecule has 1 unspecified atom stereocenters. The van der Waals surface area contributed by atoms with E-state index in [4.69, 9.17) is 0 Å². The molecule has 1 atom stereocenters. The fourth-order valence-electron chi connectivity index (χ4n) is 0.522. The Morgan fingerprint density at radius 1 is 2.00 bits per heavy atom. The summed E-state index contributed by atoms with van der Waals surface area (Å²) in [6.07, 6.45) is 0. The Labute approximate surface area is 42.1 Å². The zero-order valence-electron chi connectivity index (χ0n) is 4.14. The molecule has 0 aliphatic carbocycles. The van der Waals surface area contributed by atoms with Crippen molar-refractivity contribution in [2.75, 3.05) is 6.54 Å². The molecule has 1 aliphatic rings. The van der Waals surface area contributed by atoms with Gasteiger partial charge in [0.05, 0.1) is 6.54 Å². The minimum Gasteiger partial charge on any atom is -0.332 e. The van der Waals surface area contributed by atoms with Crippen LogP contribution in [0.25, 0.3) is 0 Å². The van der Waals surface area contributed by atoms with Gasteiger partial charge in [-0.15, -0.1) is 0 Å². The SMILES string of the molecule is CC1C[N]C(=O)N1. The maximum atomic E-state index is 10.2. The van der Waals surface area contributed by atoms with Crippen molar-refractivity contribution in [1.29, 1.82) is 0 Å². The highest BCUT2D eigenvalue weighted by atomic mass is 16.2. The van der Waals surface area contributed by atoms with Gasteiger partial charge in [-0.05, 0) is 6.92 Å². The van der Waals surface area contributed by atoms with Gasteiger partial charge in [0, 0.05) is 6.04 Å². The van der Waals surface area contributed by atoms with E-state index < -0.39 is 0 Å². The van der Waals surface area contributed by atoms with Crippen LogP contribution in [0.3, 0.4) is 0 Å². The fourth-order valence-corrected chi connectivity index (χ4v) is 0.522. The Morgan fingerprint density at radius 3 is 2.86 bits per heavy atom. The van der Waals surface area contributed by atoms with Crippen LogP contribution in [0.15, 0.2) is 0 Å². The normalized spacial score (nSPS) is 29.3. The van der Waals surface area contributed by atoms with Gasteiger partial charge in [-0.25, -0.2) is 10.1 Å². The molecule has 39 valence electrons. The molecular weight excluding hydrogens is 92.1 g/mol. The van der Waals surface area contributed by atoms with Crippen molar-refractivity contribution < 1.29 is 4.79 Å². The third-order valence-corrected chi connectivity index (χ3v) is 0.879. The average molecular weight is 99.1 g/mol. The Hall–Kier alpha value is -0.730. The first kappa shape index (κ1) is 4.43. The fraction of sp³-hybridized carbons (Fsp3) is 0.750. The molecule has 1 aliphatic heterocycles. The van der Waals surface area contributed by atoms with Crippen molar-refractivity contribution in [3.05, 3.63) is 0 Å². The number of rotatable bonds is 0. The van der Waals surface area contributed by atoms with Crippen molar-refractivity contribution in [3.63, 3.8) is 0 Å².